The molecule has 1 N–H and O–H groups in total. The van der Waals surface area contributed by atoms with E-state index in [1.165, 1.54) is 0 Å². The van der Waals surface area contributed by atoms with Gasteiger partial charge in [-0.2, -0.15) is 0 Å². The van der Waals surface area contributed by atoms with Crippen molar-refractivity contribution in [1.82, 2.24) is 9.71 Å². The monoisotopic (exact) mass is 292 g/mol. The molecule has 0 bridgehead atoms. The zero-order valence-electron chi connectivity index (χ0n) is 12.0. The number of sulfonamides is 1. The molecule has 0 radical (unpaired) electrons. The summed E-state index contributed by atoms with van der Waals surface area (Å²) >= 11 is 0. The topological polar surface area (TPSA) is 59.1 Å². The van der Waals surface area contributed by atoms with Crippen LogP contribution < -0.4 is 4.72 Å². The van der Waals surface area contributed by atoms with Gasteiger partial charge in [0.15, 0.2) is 0 Å². The normalized spacial score (nSPS) is 23.1. The number of pyridine rings is 1. The highest BCUT2D eigenvalue weighted by Crippen LogP contribution is 2.28. The summed E-state index contributed by atoms with van der Waals surface area (Å²) in [6.45, 7) is 6.11. The lowest BCUT2D eigenvalue weighted by atomic mass is 9.92. The third-order valence-corrected chi connectivity index (χ3v) is 5.48. The van der Waals surface area contributed by atoms with E-state index in [1.807, 2.05) is 32.9 Å². The van der Waals surface area contributed by atoms with Gasteiger partial charge in [-0.25, -0.2) is 13.1 Å². The summed E-state index contributed by atoms with van der Waals surface area (Å²) in [6, 6.07) is 3.61. The van der Waals surface area contributed by atoms with Crippen LogP contribution in [0, 0.1) is 5.92 Å². The third kappa shape index (κ3) is 3.35. The number of hydrogen-bond acceptors (Lipinski definition) is 3. The molecule has 0 aromatic carbocycles. The van der Waals surface area contributed by atoms with Gasteiger partial charge in [0.1, 0.15) is 5.25 Å². The van der Waals surface area contributed by atoms with Gasteiger partial charge in [-0.15, -0.1) is 0 Å². The lowest BCUT2D eigenvalue weighted by Crippen LogP contribution is -2.39. The quantitative estimate of drug-likeness (QED) is 0.927. The Balaban J connectivity index is 2.13. The van der Waals surface area contributed by atoms with Crippen LogP contribution in [0.1, 0.15) is 26.3 Å². The molecule has 2 atom stereocenters. The van der Waals surface area contributed by atoms with Crippen molar-refractivity contribution in [2.75, 3.05) is 0 Å². The Bertz CT molecular complexity index is 633. The molecule has 0 fully saturated rings. The van der Waals surface area contributed by atoms with Gasteiger partial charge in [0.05, 0.1) is 0 Å². The van der Waals surface area contributed by atoms with Crippen LogP contribution in [0.4, 0.5) is 0 Å². The van der Waals surface area contributed by atoms with Crippen LogP contribution in [0.3, 0.4) is 0 Å². The van der Waals surface area contributed by atoms with Crippen molar-refractivity contribution in [3.05, 3.63) is 53.4 Å². The van der Waals surface area contributed by atoms with Gasteiger partial charge in [0, 0.05) is 18.9 Å². The molecule has 20 heavy (non-hydrogen) atoms. The van der Waals surface area contributed by atoms with Gasteiger partial charge in [-0.05, 0) is 37.5 Å². The fourth-order valence-electron chi connectivity index (χ4n) is 2.71. The summed E-state index contributed by atoms with van der Waals surface area (Å²) in [7, 11) is -3.39. The minimum atomic E-state index is -3.39. The predicted molar refractivity (Wildman–Crippen MR) is 80.5 cm³/mol. The summed E-state index contributed by atoms with van der Waals surface area (Å²) in [5, 5.41) is -0.493. The zero-order chi connectivity index (χ0) is 14.8. The molecule has 2 rings (SSSR count). The molecule has 1 heterocycles. The van der Waals surface area contributed by atoms with E-state index in [-0.39, 0.29) is 5.92 Å². The molecule has 5 heteroatoms. The fraction of sp³-hybridized carbons (Fsp3) is 0.400. The molecular weight excluding hydrogens is 272 g/mol. The van der Waals surface area contributed by atoms with Crippen LogP contribution >= 0.6 is 0 Å². The van der Waals surface area contributed by atoms with Crippen molar-refractivity contribution in [2.24, 2.45) is 5.92 Å². The first-order valence-electron chi connectivity index (χ1n) is 6.64. The van der Waals surface area contributed by atoms with E-state index in [4.69, 9.17) is 0 Å². The van der Waals surface area contributed by atoms with Crippen molar-refractivity contribution in [3.8, 4) is 0 Å². The second-order valence-electron chi connectivity index (χ2n) is 5.30. The summed E-state index contributed by atoms with van der Waals surface area (Å²) < 4.78 is 27.7. The largest absolute Gasteiger partial charge is 0.265 e. The lowest BCUT2D eigenvalue weighted by Gasteiger charge is -2.26. The molecule has 0 amide bonds. The van der Waals surface area contributed by atoms with E-state index < -0.39 is 15.3 Å². The summed E-state index contributed by atoms with van der Waals surface area (Å²) in [5.74, 6) is -0.0186. The maximum Gasteiger partial charge on any atom is 0.219 e. The highest BCUT2D eigenvalue weighted by atomic mass is 32.2. The molecule has 4 nitrogen and oxygen atoms in total. The molecule has 1 aliphatic carbocycles. The van der Waals surface area contributed by atoms with Gasteiger partial charge < -0.3 is 0 Å². The Kier molecular flexibility index (Phi) is 4.40. The Morgan fingerprint density at radius 1 is 1.25 bits per heavy atom. The second-order valence-corrected chi connectivity index (χ2v) is 7.19. The van der Waals surface area contributed by atoms with Crippen LogP contribution in [-0.2, 0) is 16.6 Å². The number of aromatic nitrogens is 1. The van der Waals surface area contributed by atoms with E-state index >= 15 is 0 Å². The van der Waals surface area contributed by atoms with Crippen LogP contribution in [0.5, 0.6) is 0 Å². The summed E-state index contributed by atoms with van der Waals surface area (Å²) in [5.41, 5.74) is 2.91. The highest BCUT2D eigenvalue weighted by molar-refractivity contribution is 7.90. The van der Waals surface area contributed by atoms with E-state index in [2.05, 4.69) is 9.71 Å². The first kappa shape index (κ1) is 14.9. The lowest BCUT2D eigenvalue weighted by molar-refractivity contribution is 0.551. The van der Waals surface area contributed by atoms with Crippen LogP contribution in [0.25, 0.3) is 0 Å². The molecule has 108 valence electrons. The van der Waals surface area contributed by atoms with Gasteiger partial charge >= 0.3 is 0 Å². The van der Waals surface area contributed by atoms with Gasteiger partial charge in [0.2, 0.25) is 10.0 Å². The fourth-order valence-corrected chi connectivity index (χ4v) is 4.46. The molecule has 0 saturated carbocycles. The Hall–Kier alpha value is -1.46. The maximum atomic E-state index is 12.5. The Morgan fingerprint density at radius 3 is 2.50 bits per heavy atom. The van der Waals surface area contributed by atoms with Crippen molar-refractivity contribution in [2.45, 2.75) is 32.6 Å². The number of nitrogens with one attached hydrogen (secondary N) is 1. The molecule has 1 aromatic rings. The molecule has 0 saturated heterocycles. The maximum absolute atomic E-state index is 12.5. The van der Waals surface area contributed by atoms with Crippen molar-refractivity contribution in [1.29, 1.82) is 0 Å². The molecule has 1 aliphatic rings. The van der Waals surface area contributed by atoms with Crippen LogP contribution in [0.15, 0.2) is 47.8 Å². The van der Waals surface area contributed by atoms with Crippen molar-refractivity contribution < 1.29 is 8.42 Å². The Morgan fingerprint density at radius 2 is 1.90 bits per heavy atom. The van der Waals surface area contributed by atoms with E-state index in [0.29, 0.717) is 6.54 Å². The van der Waals surface area contributed by atoms with Crippen LogP contribution in [-0.4, -0.2) is 18.7 Å². The minimum absolute atomic E-state index is 0.0186. The molecule has 0 spiro atoms. The van der Waals surface area contributed by atoms with Crippen LogP contribution in [0.2, 0.25) is 0 Å². The Labute approximate surface area is 120 Å². The second kappa shape index (κ2) is 5.89. The zero-order valence-corrected chi connectivity index (χ0v) is 12.8. The van der Waals surface area contributed by atoms with Gasteiger partial charge in [-0.3, -0.25) is 4.98 Å². The third-order valence-electron chi connectivity index (χ3n) is 3.47. The first-order valence-corrected chi connectivity index (χ1v) is 8.19. The highest BCUT2D eigenvalue weighted by Gasteiger charge is 2.32. The molecular formula is C15H20N2O2S. The number of allylic oxidation sites excluding steroid dienone is 3. The number of hydrogen-bond donors (Lipinski definition) is 1. The van der Waals surface area contributed by atoms with Gasteiger partial charge in [-0.1, -0.05) is 30.2 Å². The summed E-state index contributed by atoms with van der Waals surface area (Å²) in [6.07, 6.45) is 7.26. The summed E-state index contributed by atoms with van der Waals surface area (Å²) in [4.78, 5) is 3.92. The first-order chi connectivity index (χ1) is 9.40. The smallest absolute Gasteiger partial charge is 0.219 e. The van der Waals surface area contributed by atoms with Gasteiger partial charge in [0.25, 0.3) is 0 Å². The standard InChI is InChI=1S/C15H20N2O2S/c1-11-8-12(2)15(13(3)9-11)20(18,19)17-10-14-4-6-16-7-5-14/h4-9,12,15,17H,10H2,1-3H3. The number of rotatable bonds is 4. The average molecular weight is 292 g/mol. The minimum Gasteiger partial charge on any atom is -0.265 e. The predicted octanol–water partition coefficient (Wildman–Crippen LogP) is 2.41. The van der Waals surface area contributed by atoms with E-state index in [0.717, 1.165) is 16.7 Å². The average Bonchev–Trinajstić information content (AvgIpc) is 2.36. The molecule has 2 unspecified atom stereocenters. The van der Waals surface area contributed by atoms with Crippen molar-refractivity contribution in [3.63, 3.8) is 0 Å². The number of nitrogens with zero attached hydrogens (tertiary/aromatic N) is 1. The van der Waals surface area contributed by atoms with Crippen molar-refractivity contribution >= 4 is 10.0 Å². The SMILES string of the molecule is CC1=CC(C)C(S(=O)(=O)NCc2ccncc2)C(C)=C1. The molecule has 0 aliphatic heterocycles. The van der Waals surface area contributed by atoms with E-state index in [9.17, 15) is 8.42 Å². The molecule has 1 aromatic heterocycles. The van der Waals surface area contributed by atoms with E-state index in [1.54, 1.807) is 24.5 Å².